The van der Waals surface area contributed by atoms with E-state index in [0.717, 1.165) is 11.8 Å². The van der Waals surface area contributed by atoms with Crippen molar-refractivity contribution in [3.8, 4) is 0 Å². The summed E-state index contributed by atoms with van der Waals surface area (Å²) < 4.78 is 0. The summed E-state index contributed by atoms with van der Waals surface area (Å²) >= 11 is 0. The zero-order valence-electron chi connectivity index (χ0n) is 9.76. The number of rotatable bonds is 4. The molecule has 12 heavy (non-hydrogen) atoms. The molecule has 0 bridgehead atoms. The second kappa shape index (κ2) is 4.86. The average Bonchev–Trinajstić information content (AvgIpc) is 2.00. The highest BCUT2D eigenvalue weighted by atomic mass is 15.1. The number of hydrogen-bond acceptors (Lipinski definition) is 1. The Kier molecular flexibility index (Phi) is 4.84. The van der Waals surface area contributed by atoms with Crippen molar-refractivity contribution >= 4 is 0 Å². The van der Waals surface area contributed by atoms with Crippen LogP contribution in [-0.4, -0.2) is 24.0 Å². The van der Waals surface area contributed by atoms with Gasteiger partial charge in [0.1, 0.15) is 0 Å². The second-order valence-electron chi connectivity index (χ2n) is 4.60. The van der Waals surface area contributed by atoms with E-state index >= 15 is 0 Å². The molecule has 74 valence electrons. The van der Waals surface area contributed by atoms with Crippen molar-refractivity contribution < 1.29 is 0 Å². The predicted octanol–water partition coefficient (Wildman–Crippen LogP) is 3.01. The van der Waals surface area contributed by atoms with E-state index in [2.05, 4.69) is 53.5 Å². The minimum Gasteiger partial charge on any atom is -0.301 e. The van der Waals surface area contributed by atoms with Crippen LogP contribution in [0.1, 0.15) is 41.5 Å². The summed E-state index contributed by atoms with van der Waals surface area (Å²) in [6, 6.07) is 1.34. The van der Waals surface area contributed by atoms with E-state index in [4.69, 9.17) is 0 Å². The molecule has 2 unspecified atom stereocenters. The summed E-state index contributed by atoms with van der Waals surface area (Å²) in [6.45, 7) is 13.8. The van der Waals surface area contributed by atoms with Crippen LogP contribution in [0.4, 0.5) is 0 Å². The van der Waals surface area contributed by atoms with Gasteiger partial charge in [-0.25, -0.2) is 0 Å². The number of nitrogens with zero attached hydrogens (tertiary/aromatic N) is 1. The molecule has 1 heteroatoms. The van der Waals surface area contributed by atoms with Gasteiger partial charge in [0.2, 0.25) is 0 Å². The third-order valence-corrected chi connectivity index (χ3v) is 3.27. The maximum atomic E-state index is 2.45. The Morgan fingerprint density at radius 3 is 1.50 bits per heavy atom. The monoisotopic (exact) mass is 171 g/mol. The van der Waals surface area contributed by atoms with Gasteiger partial charge >= 0.3 is 0 Å². The van der Waals surface area contributed by atoms with Gasteiger partial charge in [0.15, 0.2) is 0 Å². The molecular weight excluding hydrogens is 146 g/mol. The Morgan fingerprint density at radius 1 is 0.833 bits per heavy atom. The summed E-state index contributed by atoms with van der Waals surface area (Å²) in [7, 11) is 2.22. The molecule has 0 aliphatic rings. The van der Waals surface area contributed by atoms with Gasteiger partial charge in [0, 0.05) is 12.1 Å². The van der Waals surface area contributed by atoms with Gasteiger partial charge in [0.25, 0.3) is 0 Å². The first-order chi connectivity index (χ1) is 5.37. The van der Waals surface area contributed by atoms with Crippen LogP contribution in [0.15, 0.2) is 0 Å². The molecule has 0 N–H and O–H groups in total. The zero-order chi connectivity index (χ0) is 9.89. The minimum atomic E-state index is 0.654. The summed E-state index contributed by atoms with van der Waals surface area (Å²) in [4.78, 5) is 2.45. The maximum Gasteiger partial charge on any atom is 0.00946 e. The van der Waals surface area contributed by atoms with Crippen molar-refractivity contribution in [1.82, 2.24) is 4.90 Å². The summed E-state index contributed by atoms with van der Waals surface area (Å²) in [5, 5.41) is 0. The van der Waals surface area contributed by atoms with Gasteiger partial charge in [-0.1, -0.05) is 20.8 Å². The van der Waals surface area contributed by atoms with E-state index in [-0.39, 0.29) is 0 Å². The van der Waals surface area contributed by atoms with Gasteiger partial charge in [-0.2, -0.15) is 0 Å². The van der Waals surface area contributed by atoms with Crippen molar-refractivity contribution in [3.63, 3.8) is 0 Å². The lowest BCUT2D eigenvalue weighted by atomic mass is 9.90. The first kappa shape index (κ1) is 12.0. The van der Waals surface area contributed by atoms with Crippen LogP contribution in [0.2, 0.25) is 0 Å². The summed E-state index contributed by atoms with van der Waals surface area (Å²) in [5.74, 6) is 1.55. The fourth-order valence-corrected chi connectivity index (χ4v) is 1.40. The van der Waals surface area contributed by atoms with E-state index in [1.54, 1.807) is 0 Å². The first-order valence-electron chi connectivity index (χ1n) is 5.09. The normalized spacial score (nSPS) is 17.5. The molecule has 0 heterocycles. The van der Waals surface area contributed by atoms with Gasteiger partial charge in [-0.3, -0.25) is 0 Å². The molecule has 0 radical (unpaired) electrons. The Labute approximate surface area is 78.1 Å². The third-order valence-electron chi connectivity index (χ3n) is 3.27. The van der Waals surface area contributed by atoms with Crippen LogP contribution < -0.4 is 0 Å². The quantitative estimate of drug-likeness (QED) is 0.628. The van der Waals surface area contributed by atoms with E-state index in [1.165, 1.54) is 0 Å². The molecule has 0 rings (SSSR count). The molecule has 0 saturated carbocycles. The maximum absolute atomic E-state index is 2.45. The highest BCUT2D eigenvalue weighted by Gasteiger charge is 2.20. The van der Waals surface area contributed by atoms with Crippen molar-refractivity contribution in [3.05, 3.63) is 0 Å². The summed E-state index contributed by atoms with van der Waals surface area (Å²) in [6.07, 6.45) is 0. The van der Waals surface area contributed by atoms with Crippen LogP contribution in [-0.2, 0) is 0 Å². The van der Waals surface area contributed by atoms with Crippen molar-refractivity contribution in [2.75, 3.05) is 7.05 Å². The second-order valence-corrected chi connectivity index (χ2v) is 4.60. The van der Waals surface area contributed by atoms with Gasteiger partial charge < -0.3 is 4.90 Å². The molecule has 1 nitrogen and oxygen atoms in total. The van der Waals surface area contributed by atoms with Crippen LogP contribution in [0, 0.1) is 11.8 Å². The fourth-order valence-electron chi connectivity index (χ4n) is 1.40. The molecule has 0 aliphatic carbocycles. The molecule has 0 aliphatic heterocycles. The molecule has 0 fully saturated rings. The molecule has 0 aromatic carbocycles. The minimum absolute atomic E-state index is 0.654. The smallest absolute Gasteiger partial charge is 0.00946 e. The van der Waals surface area contributed by atoms with E-state index in [1.807, 2.05) is 0 Å². The Bertz CT molecular complexity index is 104. The zero-order valence-corrected chi connectivity index (χ0v) is 9.76. The van der Waals surface area contributed by atoms with Crippen LogP contribution in [0.3, 0.4) is 0 Å². The Balaban J connectivity index is 4.08. The van der Waals surface area contributed by atoms with Crippen molar-refractivity contribution in [1.29, 1.82) is 0 Å². The Morgan fingerprint density at radius 2 is 1.25 bits per heavy atom. The molecule has 0 aromatic heterocycles. The molecule has 0 aromatic rings. The van der Waals surface area contributed by atoms with Gasteiger partial charge in [0.05, 0.1) is 0 Å². The standard InChI is InChI=1S/C11H25N/c1-8(2)10(5)11(6)12(7)9(3)4/h8-11H,1-7H3. The van der Waals surface area contributed by atoms with E-state index in [0.29, 0.717) is 12.1 Å². The van der Waals surface area contributed by atoms with E-state index in [9.17, 15) is 0 Å². The largest absolute Gasteiger partial charge is 0.301 e. The van der Waals surface area contributed by atoms with Crippen molar-refractivity contribution in [2.45, 2.75) is 53.6 Å². The van der Waals surface area contributed by atoms with Crippen LogP contribution in [0.25, 0.3) is 0 Å². The summed E-state index contributed by atoms with van der Waals surface area (Å²) in [5.41, 5.74) is 0. The highest BCUT2D eigenvalue weighted by Crippen LogP contribution is 2.19. The average molecular weight is 171 g/mol. The topological polar surface area (TPSA) is 3.24 Å². The van der Waals surface area contributed by atoms with E-state index < -0.39 is 0 Å². The SMILES string of the molecule is CC(C)C(C)C(C)N(C)C(C)C. The van der Waals surface area contributed by atoms with Crippen LogP contribution >= 0.6 is 0 Å². The lowest BCUT2D eigenvalue weighted by Gasteiger charge is -2.34. The lowest BCUT2D eigenvalue weighted by Crippen LogP contribution is -2.40. The lowest BCUT2D eigenvalue weighted by molar-refractivity contribution is 0.136. The third kappa shape index (κ3) is 3.14. The van der Waals surface area contributed by atoms with Gasteiger partial charge in [-0.05, 0) is 39.7 Å². The fraction of sp³-hybridized carbons (Fsp3) is 1.00. The first-order valence-corrected chi connectivity index (χ1v) is 5.09. The molecule has 0 spiro atoms. The van der Waals surface area contributed by atoms with Crippen LogP contribution in [0.5, 0.6) is 0 Å². The molecule has 2 atom stereocenters. The highest BCUT2D eigenvalue weighted by molar-refractivity contribution is 4.74. The predicted molar refractivity (Wildman–Crippen MR) is 56.4 cm³/mol. The molecule has 0 saturated heterocycles. The number of hydrogen-bond donors (Lipinski definition) is 0. The van der Waals surface area contributed by atoms with Crippen molar-refractivity contribution in [2.24, 2.45) is 11.8 Å². The van der Waals surface area contributed by atoms with Gasteiger partial charge in [-0.15, -0.1) is 0 Å². The molecule has 0 amide bonds. The Hall–Kier alpha value is -0.0400. The molecular formula is C11H25N.